The second-order valence-electron chi connectivity index (χ2n) is 20.8. The van der Waals surface area contributed by atoms with E-state index in [2.05, 4.69) is 40.8 Å². The number of piperazine rings is 1. The van der Waals surface area contributed by atoms with Crippen LogP contribution in [0, 0.1) is 17.8 Å². The number of nitrogens with one attached hydrogen (secondary N) is 1. The van der Waals surface area contributed by atoms with Crippen LogP contribution in [-0.2, 0) is 20.7 Å². The first kappa shape index (κ1) is 47.0. The fourth-order valence-corrected chi connectivity index (χ4v) is 11.4. The molecule has 2 saturated carbocycles. The van der Waals surface area contributed by atoms with E-state index in [1.807, 2.05) is 54.3 Å². The number of rotatable bonds is 16. The number of ether oxygens (including phenoxy) is 1. The third kappa shape index (κ3) is 9.93. The van der Waals surface area contributed by atoms with Gasteiger partial charge in [-0.1, -0.05) is 63.8 Å². The van der Waals surface area contributed by atoms with Crippen molar-refractivity contribution in [1.29, 1.82) is 0 Å². The summed E-state index contributed by atoms with van der Waals surface area (Å²) in [7, 11) is 2.17. The number of aromatic amines is 1. The van der Waals surface area contributed by atoms with Gasteiger partial charge in [0.15, 0.2) is 6.73 Å². The lowest BCUT2D eigenvalue weighted by atomic mass is 9.89. The van der Waals surface area contributed by atoms with Gasteiger partial charge in [0.2, 0.25) is 5.91 Å². The van der Waals surface area contributed by atoms with Gasteiger partial charge in [-0.2, -0.15) is 9.78 Å². The second-order valence-corrected chi connectivity index (χ2v) is 20.8. The van der Waals surface area contributed by atoms with Crippen molar-refractivity contribution < 1.29 is 23.9 Å². The molecular formula is C53H72N8O6. The van der Waals surface area contributed by atoms with Crippen LogP contribution < -0.4 is 5.56 Å². The summed E-state index contributed by atoms with van der Waals surface area (Å²) < 4.78 is 7.80. The van der Waals surface area contributed by atoms with Crippen LogP contribution in [0.15, 0.2) is 53.5 Å². The number of likely N-dealkylation sites (tertiary alicyclic amines) is 2. The number of benzene rings is 2. The number of nitrogens with zero attached hydrogens (tertiary/aromatic N) is 7. The molecule has 0 bridgehead atoms. The number of carbonyl (C=O) groups is 4. The Morgan fingerprint density at radius 3 is 2.16 bits per heavy atom. The van der Waals surface area contributed by atoms with Gasteiger partial charge < -0.3 is 24.4 Å². The summed E-state index contributed by atoms with van der Waals surface area (Å²) in [6.07, 6.45) is 14.2. The predicted octanol–water partition coefficient (Wildman–Crippen LogP) is 7.72. The van der Waals surface area contributed by atoms with Gasteiger partial charge in [-0.05, 0) is 132 Å². The number of urea groups is 1. The molecule has 2 aromatic heterocycles. The number of pyridine rings is 1. The van der Waals surface area contributed by atoms with E-state index in [9.17, 15) is 14.4 Å². The van der Waals surface area contributed by atoms with Crippen LogP contribution in [0.3, 0.4) is 0 Å². The fraction of sp³-hybridized carbons (Fsp3) is 0.623. The normalized spacial score (nSPS) is 20.5. The molecule has 3 aliphatic heterocycles. The maximum Gasteiger partial charge on any atom is 0.323 e. The Kier molecular flexibility index (Phi) is 13.9. The molecule has 5 fully saturated rings. The summed E-state index contributed by atoms with van der Waals surface area (Å²) in [5.41, 5.74) is 3.02. The maximum absolute atomic E-state index is 15.3. The molecule has 0 spiro atoms. The van der Waals surface area contributed by atoms with Crippen molar-refractivity contribution in [2.24, 2.45) is 10.8 Å². The van der Waals surface area contributed by atoms with Gasteiger partial charge in [0, 0.05) is 68.2 Å². The van der Waals surface area contributed by atoms with E-state index < -0.39 is 11.5 Å². The molecular weight excluding hydrogens is 845 g/mol. The number of aryl methyl sites for hydroxylation is 1. The zero-order valence-electron chi connectivity index (χ0n) is 40.4. The van der Waals surface area contributed by atoms with Crippen LogP contribution in [0.25, 0.3) is 21.8 Å². The number of piperidine rings is 2. The largest absolute Gasteiger partial charge is 0.444 e. The molecule has 67 heavy (non-hydrogen) atoms. The molecule has 1 atom stereocenters. The zero-order chi connectivity index (χ0) is 46.9. The summed E-state index contributed by atoms with van der Waals surface area (Å²) >= 11 is 0. The van der Waals surface area contributed by atoms with Gasteiger partial charge in [0.25, 0.3) is 11.5 Å². The third-order valence-electron chi connectivity index (χ3n) is 16.2. The highest BCUT2D eigenvalue weighted by Crippen LogP contribution is 2.52. The summed E-state index contributed by atoms with van der Waals surface area (Å²) in [6.45, 7) is 11.4. The van der Waals surface area contributed by atoms with Crippen LogP contribution >= 0.6 is 0 Å². The lowest BCUT2D eigenvalue weighted by Crippen LogP contribution is -2.60. The lowest BCUT2D eigenvalue weighted by Gasteiger charge is -2.44. The average Bonchev–Trinajstić information content (AvgIpc) is 4.28. The predicted molar refractivity (Wildman–Crippen MR) is 260 cm³/mol. The molecule has 5 aliphatic rings. The molecule has 2 aromatic carbocycles. The molecule has 14 nitrogen and oxygen atoms in total. The van der Waals surface area contributed by atoms with E-state index in [1.54, 1.807) is 15.8 Å². The zero-order valence-corrected chi connectivity index (χ0v) is 40.4. The van der Waals surface area contributed by atoms with Gasteiger partial charge >= 0.3 is 12.0 Å². The Morgan fingerprint density at radius 1 is 0.821 bits per heavy atom. The number of aromatic nitrogens is 3. The topological polar surface area (TPSA) is 144 Å². The van der Waals surface area contributed by atoms with Gasteiger partial charge in [-0.25, -0.2) is 4.79 Å². The van der Waals surface area contributed by atoms with E-state index in [-0.39, 0.29) is 53.9 Å². The molecule has 3 amide bonds. The van der Waals surface area contributed by atoms with Crippen LogP contribution in [0.2, 0.25) is 0 Å². The summed E-state index contributed by atoms with van der Waals surface area (Å²) in [5, 5.41) is 6.44. The first-order valence-electron chi connectivity index (χ1n) is 25.5. The van der Waals surface area contributed by atoms with Crippen molar-refractivity contribution in [3.63, 3.8) is 0 Å². The molecule has 1 N–H and O–H groups in total. The SMILES string of the molecule is CCCCC1(C(=O)OCN(C(=O)N2CCC(c3cc4ccccc4[nH]c3=O)CC2)[C@H](Cc2cc(C)c3c(cnn3C(=O)C3(CCCC)CC3)c2)C(=O)N2CCN(C3CCN(C)CC3)CC2)CC1. The number of unbranched alkanes of at least 4 members (excludes halogenated alkanes) is 2. The standard InChI is InChI=1S/C53H72N8O6/c1-5-7-17-52(19-20-52)49(64)61-46-37(3)31-38(32-41(46)35-54-61)33-45(48(63)58-29-27-57(28-30-58)42-15-23-56(4)24-16-42)60(36-67-50(65)53(21-22-53)18-8-6-2)51(66)59-25-13-39(14-26-59)43-34-40-11-9-10-12-44(40)55-47(43)62/h9-12,31-32,34-35,39,42,45H,5-8,13-30,33,36H2,1-4H3,(H,55,62)/t45-/m1/s1. The Balaban J connectivity index is 1.01. The number of fused-ring (bicyclic) bond motifs is 2. The van der Waals surface area contributed by atoms with E-state index >= 15 is 9.59 Å². The summed E-state index contributed by atoms with van der Waals surface area (Å²) in [4.78, 5) is 85.0. The molecule has 0 unspecified atom stereocenters. The van der Waals surface area contributed by atoms with Gasteiger partial charge in [-0.15, -0.1) is 0 Å². The van der Waals surface area contributed by atoms with Gasteiger partial charge in [0.1, 0.15) is 6.04 Å². The van der Waals surface area contributed by atoms with Crippen molar-refractivity contribution in [2.45, 2.75) is 135 Å². The van der Waals surface area contributed by atoms with Crippen molar-refractivity contribution in [3.8, 4) is 0 Å². The fourth-order valence-electron chi connectivity index (χ4n) is 11.4. The minimum Gasteiger partial charge on any atom is -0.444 e. The summed E-state index contributed by atoms with van der Waals surface area (Å²) in [5.74, 6) is -0.446. The van der Waals surface area contributed by atoms with Crippen molar-refractivity contribution >= 4 is 45.6 Å². The van der Waals surface area contributed by atoms with Gasteiger partial charge in [0.05, 0.1) is 22.5 Å². The van der Waals surface area contributed by atoms with E-state index in [0.29, 0.717) is 45.1 Å². The number of para-hydroxylation sites is 1. The van der Waals surface area contributed by atoms with E-state index in [4.69, 9.17) is 4.74 Å². The molecule has 14 heteroatoms. The van der Waals surface area contributed by atoms with Crippen LogP contribution in [0.4, 0.5) is 4.79 Å². The Hall–Kier alpha value is -5.08. The first-order chi connectivity index (χ1) is 32.4. The maximum atomic E-state index is 15.3. The Morgan fingerprint density at radius 2 is 1.49 bits per heavy atom. The van der Waals surface area contributed by atoms with Crippen molar-refractivity contribution in [2.75, 3.05) is 66.1 Å². The van der Waals surface area contributed by atoms with Crippen LogP contribution in [0.5, 0.6) is 0 Å². The monoisotopic (exact) mass is 917 g/mol. The highest BCUT2D eigenvalue weighted by atomic mass is 16.5. The number of esters is 1. The van der Waals surface area contributed by atoms with Crippen LogP contribution in [-0.4, -0.2) is 141 Å². The smallest absolute Gasteiger partial charge is 0.323 e. The molecule has 360 valence electrons. The molecule has 9 rings (SSSR count). The van der Waals surface area contributed by atoms with E-state index in [0.717, 1.165) is 142 Å². The molecule has 3 saturated heterocycles. The van der Waals surface area contributed by atoms with E-state index in [1.165, 1.54) is 4.90 Å². The van der Waals surface area contributed by atoms with Gasteiger partial charge in [-0.3, -0.25) is 29.0 Å². The molecule has 2 aliphatic carbocycles. The highest BCUT2D eigenvalue weighted by molar-refractivity contribution is 5.97. The molecule has 5 heterocycles. The quantitative estimate of drug-likeness (QED) is 0.0883. The Bertz CT molecular complexity index is 2500. The number of H-pyrrole nitrogens is 1. The number of amides is 3. The number of hydrogen-bond acceptors (Lipinski definition) is 9. The average molecular weight is 917 g/mol. The minimum atomic E-state index is -0.973. The highest BCUT2D eigenvalue weighted by Gasteiger charge is 2.52. The van der Waals surface area contributed by atoms with Crippen molar-refractivity contribution in [1.82, 2.24) is 39.3 Å². The number of carbonyl (C=O) groups excluding carboxylic acids is 4. The van der Waals surface area contributed by atoms with Crippen LogP contribution in [0.1, 0.15) is 131 Å². The molecule has 4 aromatic rings. The second kappa shape index (κ2) is 19.9. The molecule has 0 radical (unpaired) electrons. The van der Waals surface area contributed by atoms with Crippen molar-refractivity contribution in [3.05, 3.63) is 75.7 Å². The first-order valence-corrected chi connectivity index (χ1v) is 25.5. The minimum absolute atomic E-state index is 0.0424. The number of hydrogen-bond donors (Lipinski definition) is 1. The Labute approximate surface area is 395 Å². The third-order valence-corrected chi connectivity index (χ3v) is 16.2. The summed E-state index contributed by atoms with van der Waals surface area (Å²) in [6, 6.07) is 12.9. The lowest BCUT2D eigenvalue weighted by molar-refractivity contribution is -0.158.